The number of hydrogen-bond acceptors (Lipinski definition) is 5. The Morgan fingerprint density at radius 3 is 2.68 bits per heavy atom. The molecule has 0 radical (unpaired) electrons. The van der Waals surface area contributed by atoms with Gasteiger partial charge in [0.25, 0.3) is 5.91 Å². The minimum atomic E-state index is -0.437. The summed E-state index contributed by atoms with van der Waals surface area (Å²) in [5, 5.41) is 12.0. The first-order valence-corrected chi connectivity index (χ1v) is 8.48. The molecule has 1 N–H and O–H groups in total. The highest BCUT2D eigenvalue weighted by Gasteiger charge is 2.42. The van der Waals surface area contributed by atoms with Crippen molar-refractivity contribution in [3.63, 3.8) is 0 Å². The van der Waals surface area contributed by atoms with Crippen molar-refractivity contribution in [3.8, 4) is 0 Å². The van der Waals surface area contributed by atoms with E-state index in [-0.39, 0.29) is 17.1 Å². The second kappa shape index (κ2) is 6.22. The maximum absolute atomic E-state index is 12.4. The van der Waals surface area contributed by atoms with Gasteiger partial charge >= 0.3 is 0 Å². The summed E-state index contributed by atoms with van der Waals surface area (Å²) in [5.74, 6) is -1.05. The zero-order valence-electron chi connectivity index (χ0n) is 12.6. The molecule has 1 unspecified atom stereocenters. The molecular formula is C16H20N2O3S. The van der Waals surface area contributed by atoms with Crippen LogP contribution < -0.4 is 0 Å². The first-order chi connectivity index (χ1) is 10.6. The van der Waals surface area contributed by atoms with Crippen LogP contribution in [0.4, 0.5) is 0 Å². The van der Waals surface area contributed by atoms with Gasteiger partial charge in [0.2, 0.25) is 0 Å². The molecule has 0 aliphatic carbocycles. The number of nitrogens with zero attached hydrogens (tertiary/aromatic N) is 2. The monoisotopic (exact) mass is 320 g/mol. The summed E-state index contributed by atoms with van der Waals surface area (Å²) in [4.78, 5) is 29.2. The number of carbonyl (C=O) groups is 2. The Morgan fingerprint density at radius 1 is 1.36 bits per heavy atom. The fourth-order valence-electron chi connectivity index (χ4n) is 3.24. The molecule has 0 saturated carbocycles. The van der Waals surface area contributed by atoms with Crippen LogP contribution in [-0.2, 0) is 9.59 Å². The number of aliphatic hydroxyl groups is 1. The second-order valence-electron chi connectivity index (χ2n) is 5.78. The molecule has 1 aromatic heterocycles. The summed E-state index contributed by atoms with van der Waals surface area (Å²) in [7, 11) is 0. The minimum Gasteiger partial charge on any atom is -0.503 e. The summed E-state index contributed by atoms with van der Waals surface area (Å²) >= 11 is 1.50. The van der Waals surface area contributed by atoms with Crippen molar-refractivity contribution in [2.24, 2.45) is 0 Å². The van der Waals surface area contributed by atoms with Gasteiger partial charge in [-0.2, -0.15) is 0 Å². The molecule has 0 bridgehead atoms. The van der Waals surface area contributed by atoms with Crippen LogP contribution in [0.3, 0.4) is 0 Å². The van der Waals surface area contributed by atoms with Crippen molar-refractivity contribution in [2.75, 3.05) is 26.2 Å². The number of rotatable bonds is 5. The number of thiophene rings is 1. The Bertz CT molecular complexity index is 603. The van der Waals surface area contributed by atoms with E-state index in [0.29, 0.717) is 6.54 Å². The number of Topliss-reactive ketones (excluding diaryl/α,β-unsaturated/α-hetero) is 1. The summed E-state index contributed by atoms with van der Waals surface area (Å²) in [6, 6.07) is 3.37. The highest BCUT2D eigenvalue weighted by atomic mass is 32.1. The Hall–Kier alpha value is -1.66. The standard InChI is InChI=1S/C16H20N2O3S/c1-11(19)13-14(12-5-4-10-22-12)18(16(21)15(13)20)9-8-17-6-2-3-7-17/h4-5,10,14,20H,2-3,6-9H2,1H3. The molecule has 1 fully saturated rings. The van der Waals surface area contributed by atoms with E-state index in [1.165, 1.54) is 31.1 Å². The molecule has 2 aliphatic rings. The van der Waals surface area contributed by atoms with E-state index in [1.807, 2.05) is 17.5 Å². The van der Waals surface area contributed by atoms with Crippen molar-refractivity contribution in [3.05, 3.63) is 33.7 Å². The summed E-state index contributed by atoms with van der Waals surface area (Å²) in [6.45, 7) is 4.84. The molecule has 0 spiro atoms. The van der Waals surface area contributed by atoms with Gasteiger partial charge in [-0.15, -0.1) is 11.3 Å². The topological polar surface area (TPSA) is 60.9 Å². The van der Waals surface area contributed by atoms with Gasteiger partial charge in [0.05, 0.1) is 11.6 Å². The molecule has 3 rings (SSSR count). The molecule has 1 amide bonds. The molecular weight excluding hydrogens is 300 g/mol. The lowest BCUT2D eigenvalue weighted by molar-refractivity contribution is -0.129. The predicted molar refractivity (Wildman–Crippen MR) is 84.8 cm³/mol. The smallest absolute Gasteiger partial charge is 0.290 e. The number of aliphatic hydroxyl groups excluding tert-OH is 1. The highest BCUT2D eigenvalue weighted by Crippen LogP contribution is 2.39. The van der Waals surface area contributed by atoms with Crippen LogP contribution >= 0.6 is 11.3 Å². The van der Waals surface area contributed by atoms with Crippen molar-refractivity contribution in [1.29, 1.82) is 0 Å². The van der Waals surface area contributed by atoms with Gasteiger partial charge in [0, 0.05) is 18.0 Å². The third-order valence-corrected chi connectivity index (χ3v) is 5.28. The Kier molecular flexibility index (Phi) is 4.31. The number of ketones is 1. The van der Waals surface area contributed by atoms with Gasteiger partial charge in [-0.25, -0.2) is 0 Å². The van der Waals surface area contributed by atoms with Crippen molar-refractivity contribution in [2.45, 2.75) is 25.8 Å². The van der Waals surface area contributed by atoms with Gasteiger partial charge in [0.15, 0.2) is 11.5 Å². The third-order valence-electron chi connectivity index (χ3n) is 4.35. The van der Waals surface area contributed by atoms with Gasteiger partial charge < -0.3 is 14.9 Å². The Balaban J connectivity index is 1.84. The SMILES string of the molecule is CC(=O)C1=C(O)C(=O)N(CCN2CCCC2)C1c1cccs1. The fourth-order valence-corrected chi connectivity index (χ4v) is 4.09. The predicted octanol–water partition coefficient (Wildman–Crippen LogP) is 2.13. The van der Waals surface area contributed by atoms with E-state index >= 15 is 0 Å². The zero-order chi connectivity index (χ0) is 15.7. The van der Waals surface area contributed by atoms with E-state index in [9.17, 15) is 14.7 Å². The lowest BCUT2D eigenvalue weighted by atomic mass is 10.0. The molecule has 5 nitrogen and oxygen atoms in total. The zero-order valence-corrected chi connectivity index (χ0v) is 13.4. The molecule has 1 atom stereocenters. The maximum atomic E-state index is 12.4. The second-order valence-corrected chi connectivity index (χ2v) is 6.76. The van der Waals surface area contributed by atoms with Gasteiger partial charge in [-0.3, -0.25) is 9.59 Å². The van der Waals surface area contributed by atoms with Crippen LogP contribution in [0.1, 0.15) is 30.7 Å². The molecule has 1 aromatic rings. The molecule has 2 aliphatic heterocycles. The molecule has 22 heavy (non-hydrogen) atoms. The van der Waals surface area contributed by atoms with Crippen LogP contribution in [0.5, 0.6) is 0 Å². The Labute approximate surface area is 133 Å². The molecule has 3 heterocycles. The van der Waals surface area contributed by atoms with Crippen LogP contribution in [-0.4, -0.2) is 52.8 Å². The molecule has 0 aromatic carbocycles. The van der Waals surface area contributed by atoms with E-state index < -0.39 is 11.9 Å². The van der Waals surface area contributed by atoms with Crippen molar-refractivity contribution in [1.82, 2.24) is 9.80 Å². The normalized spacial score (nSPS) is 22.9. The van der Waals surface area contributed by atoms with E-state index in [2.05, 4.69) is 4.90 Å². The molecule has 6 heteroatoms. The summed E-state index contributed by atoms with van der Waals surface area (Å²) in [6.07, 6.45) is 2.40. The lowest BCUT2D eigenvalue weighted by Gasteiger charge is -2.27. The van der Waals surface area contributed by atoms with E-state index in [4.69, 9.17) is 0 Å². The Morgan fingerprint density at radius 2 is 2.09 bits per heavy atom. The summed E-state index contributed by atoms with van der Waals surface area (Å²) < 4.78 is 0. The number of hydrogen-bond donors (Lipinski definition) is 1. The van der Waals surface area contributed by atoms with Crippen LogP contribution in [0.25, 0.3) is 0 Å². The third kappa shape index (κ3) is 2.68. The first-order valence-electron chi connectivity index (χ1n) is 7.60. The largest absolute Gasteiger partial charge is 0.503 e. The van der Waals surface area contributed by atoms with Crippen LogP contribution in [0, 0.1) is 0 Å². The fraction of sp³-hybridized carbons (Fsp3) is 0.500. The summed E-state index contributed by atoms with van der Waals surface area (Å²) in [5.41, 5.74) is 0.230. The molecule has 1 saturated heterocycles. The van der Waals surface area contributed by atoms with Crippen molar-refractivity contribution >= 4 is 23.0 Å². The lowest BCUT2D eigenvalue weighted by Crippen LogP contribution is -2.37. The van der Waals surface area contributed by atoms with Crippen LogP contribution in [0.15, 0.2) is 28.8 Å². The maximum Gasteiger partial charge on any atom is 0.290 e. The van der Waals surface area contributed by atoms with Gasteiger partial charge in [-0.1, -0.05) is 6.07 Å². The number of amides is 1. The van der Waals surface area contributed by atoms with Gasteiger partial charge in [-0.05, 0) is 44.3 Å². The average molecular weight is 320 g/mol. The van der Waals surface area contributed by atoms with Crippen molar-refractivity contribution < 1.29 is 14.7 Å². The number of likely N-dealkylation sites (tertiary alicyclic amines) is 1. The van der Waals surface area contributed by atoms with E-state index in [0.717, 1.165) is 24.5 Å². The minimum absolute atomic E-state index is 0.230. The van der Waals surface area contributed by atoms with E-state index in [1.54, 1.807) is 4.90 Å². The van der Waals surface area contributed by atoms with Crippen LogP contribution in [0.2, 0.25) is 0 Å². The number of carbonyl (C=O) groups excluding carboxylic acids is 2. The highest BCUT2D eigenvalue weighted by molar-refractivity contribution is 7.10. The first kappa shape index (κ1) is 15.2. The quantitative estimate of drug-likeness (QED) is 0.903. The average Bonchev–Trinajstić information content (AvgIpc) is 3.20. The molecule has 118 valence electrons. The van der Waals surface area contributed by atoms with Gasteiger partial charge in [0.1, 0.15) is 0 Å².